The highest BCUT2D eigenvalue weighted by Gasteiger charge is 2.35. The van der Waals surface area contributed by atoms with Crippen LogP contribution in [-0.2, 0) is 9.59 Å². The summed E-state index contributed by atoms with van der Waals surface area (Å²) < 4.78 is 5.89. The predicted molar refractivity (Wildman–Crippen MR) is 103 cm³/mol. The van der Waals surface area contributed by atoms with Crippen molar-refractivity contribution in [1.29, 1.82) is 0 Å². The fourth-order valence-corrected chi connectivity index (χ4v) is 4.07. The van der Waals surface area contributed by atoms with E-state index < -0.39 is 5.92 Å². The molecule has 1 aliphatic heterocycles. The van der Waals surface area contributed by atoms with E-state index in [4.69, 9.17) is 4.74 Å². The van der Waals surface area contributed by atoms with Crippen LogP contribution >= 0.6 is 23.1 Å². The molecule has 1 aromatic carbocycles. The van der Waals surface area contributed by atoms with Crippen LogP contribution in [0.2, 0.25) is 0 Å². The van der Waals surface area contributed by atoms with Gasteiger partial charge in [0.25, 0.3) is 0 Å². The van der Waals surface area contributed by atoms with Crippen molar-refractivity contribution < 1.29 is 14.3 Å². The number of anilines is 2. The van der Waals surface area contributed by atoms with Crippen LogP contribution in [0.5, 0.6) is 5.75 Å². The van der Waals surface area contributed by atoms with Gasteiger partial charge in [-0.2, -0.15) is 0 Å². The molecule has 0 radical (unpaired) electrons. The van der Waals surface area contributed by atoms with E-state index >= 15 is 0 Å². The summed E-state index contributed by atoms with van der Waals surface area (Å²) in [5.74, 6) is 0.741. The molecule has 3 rings (SSSR count). The molecule has 0 aliphatic carbocycles. The van der Waals surface area contributed by atoms with E-state index in [0.717, 1.165) is 21.5 Å². The summed E-state index contributed by atoms with van der Waals surface area (Å²) in [5, 5.41) is 11.2. The van der Waals surface area contributed by atoms with Gasteiger partial charge in [-0.15, -0.1) is 16.8 Å². The predicted octanol–water partition coefficient (Wildman–Crippen LogP) is 2.82. The Bertz CT molecular complexity index is 807. The van der Waals surface area contributed by atoms with Crippen LogP contribution in [0.4, 0.5) is 10.8 Å². The quantitative estimate of drug-likeness (QED) is 0.445. The number of carbonyl (C=O) groups excluding carboxylic acids is 2. The Hall–Kier alpha value is -2.39. The Labute approximate surface area is 159 Å². The third kappa shape index (κ3) is 4.23. The molecule has 1 aromatic heterocycles. The third-order valence-corrected chi connectivity index (χ3v) is 5.81. The summed E-state index contributed by atoms with van der Waals surface area (Å²) in [7, 11) is 1.59. The number of nitrogens with one attached hydrogen (secondary N) is 1. The molecule has 0 saturated carbocycles. The van der Waals surface area contributed by atoms with Gasteiger partial charge in [0.15, 0.2) is 4.34 Å². The molecule has 0 unspecified atom stereocenters. The minimum absolute atomic E-state index is 0.0743. The van der Waals surface area contributed by atoms with Crippen LogP contribution in [0, 0.1) is 5.92 Å². The molecular formula is C17H18N4O3S2. The molecule has 9 heteroatoms. The zero-order chi connectivity index (χ0) is 18.5. The van der Waals surface area contributed by atoms with Gasteiger partial charge in [0.05, 0.1) is 13.0 Å². The second-order valence-corrected chi connectivity index (χ2v) is 7.81. The zero-order valence-electron chi connectivity index (χ0n) is 14.2. The lowest BCUT2D eigenvalue weighted by atomic mass is 10.1. The van der Waals surface area contributed by atoms with E-state index in [2.05, 4.69) is 22.1 Å². The number of rotatable bonds is 7. The van der Waals surface area contributed by atoms with E-state index in [1.807, 2.05) is 12.1 Å². The number of aromatic nitrogens is 2. The van der Waals surface area contributed by atoms with E-state index in [9.17, 15) is 9.59 Å². The molecule has 1 saturated heterocycles. The Morgan fingerprint density at radius 2 is 2.23 bits per heavy atom. The van der Waals surface area contributed by atoms with E-state index in [1.54, 1.807) is 30.2 Å². The van der Waals surface area contributed by atoms with Gasteiger partial charge in [0.2, 0.25) is 16.9 Å². The summed E-state index contributed by atoms with van der Waals surface area (Å²) in [6.45, 7) is 4.00. The van der Waals surface area contributed by atoms with Crippen molar-refractivity contribution in [3.63, 3.8) is 0 Å². The van der Waals surface area contributed by atoms with Crippen molar-refractivity contribution >= 4 is 45.7 Å². The molecule has 2 heterocycles. The average molecular weight is 390 g/mol. The monoisotopic (exact) mass is 390 g/mol. The Morgan fingerprint density at radius 3 is 2.92 bits per heavy atom. The van der Waals surface area contributed by atoms with Crippen molar-refractivity contribution in [3.05, 3.63) is 36.9 Å². The lowest BCUT2D eigenvalue weighted by Gasteiger charge is -2.16. The highest BCUT2D eigenvalue weighted by molar-refractivity contribution is 8.01. The maximum atomic E-state index is 12.5. The van der Waals surface area contributed by atoms with Crippen LogP contribution in [0.1, 0.15) is 6.42 Å². The number of amides is 2. The van der Waals surface area contributed by atoms with Gasteiger partial charge >= 0.3 is 0 Å². The van der Waals surface area contributed by atoms with E-state index in [0.29, 0.717) is 11.7 Å². The number of methoxy groups -OCH3 is 1. The molecule has 26 heavy (non-hydrogen) atoms. The molecule has 7 nitrogen and oxygen atoms in total. The fraction of sp³-hybridized carbons (Fsp3) is 0.294. The van der Waals surface area contributed by atoms with Gasteiger partial charge in [-0.25, -0.2) is 0 Å². The molecule has 1 atom stereocenters. The molecule has 2 amide bonds. The Kier molecular flexibility index (Phi) is 5.89. The molecular weight excluding hydrogens is 372 g/mol. The maximum absolute atomic E-state index is 12.5. The number of ether oxygens (including phenoxy) is 1. The minimum Gasteiger partial charge on any atom is -0.497 e. The zero-order valence-corrected chi connectivity index (χ0v) is 15.8. The van der Waals surface area contributed by atoms with Crippen molar-refractivity contribution in [1.82, 2.24) is 10.2 Å². The largest absolute Gasteiger partial charge is 0.497 e. The van der Waals surface area contributed by atoms with Gasteiger partial charge in [-0.1, -0.05) is 29.2 Å². The minimum atomic E-state index is -0.419. The van der Waals surface area contributed by atoms with Crippen LogP contribution in [0.25, 0.3) is 0 Å². The normalized spacial score (nSPS) is 16.6. The van der Waals surface area contributed by atoms with Crippen molar-refractivity contribution in [2.75, 3.05) is 29.6 Å². The van der Waals surface area contributed by atoms with E-state index in [1.165, 1.54) is 23.1 Å². The Balaban J connectivity index is 1.61. The SMILES string of the molecule is C=CCSc1nnc(NC(=O)[C@H]2CC(=O)N(c3ccc(OC)cc3)C2)s1. The summed E-state index contributed by atoms with van der Waals surface area (Å²) in [5.41, 5.74) is 0.755. The third-order valence-electron chi connectivity index (χ3n) is 3.84. The standard InChI is InChI=1S/C17H18N4O3S2/c1-3-8-25-17-20-19-16(26-17)18-15(23)11-9-14(22)21(10-11)12-4-6-13(24-2)7-5-12/h3-7,11H,1,8-10H2,2H3,(H,18,19,23)/t11-/m0/s1. The topological polar surface area (TPSA) is 84.4 Å². The number of hydrogen-bond acceptors (Lipinski definition) is 7. The molecule has 136 valence electrons. The maximum Gasteiger partial charge on any atom is 0.231 e. The first-order valence-corrected chi connectivity index (χ1v) is 9.73. The van der Waals surface area contributed by atoms with Gasteiger partial charge < -0.3 is 15.0 Å². The molecule has 1 aliphatic rings. The second kappa shape index (κ2) is 8.33. The van der Waals surface area contributed by atoms with Gasteiger partial charge in [0, 0.05) is 24.4 Å². The lowest BCUT2D eigenvalue weighted by molar-refractivity contribution is -0.122. The molecule has 2 aromatic rings. The smallest absolute Gasteiger partial charge is 0.231 e. The second-order valence-electron chi connectivity index (χ2n) is 5.57. The van der Waals surface area contributed by atoms with Gasteiger partial charge in [-0.3, -0.25) is 9.59 Å². The van der Waals surface area contributed by atoms with Gasteiger partial charge in [-0.05, 0) is 24.3 Å². The van der Waals surface area contributed by atoms with Crippen LogP contribution in [0.3, 0.4) is 0 Å². The summed E-state index contributed by atoms with van der Waals surface area (Å²) in [6, 6.07) is 7.20. The first-order valence-electron chi connectivity index (χ1n) is 7.93. The fourth-order valence-electron chi connectivity index (χ4n) is 2.55. The van der Waals surface area contributed by atoms with Crippen molar-refractivity contribution in [3.8, 4) is 5.75 Å². The van der Waals surface area contributed by atoms with Crippen LogP contribution < -0.4 is 15.0 Å². The van der Waals surface area contributed by atoms with Crippen molar-refractivity contribution in [2.24, 2.45) is 5.92 Å². The number of hydrogen-bond donors (Lipinski definition) is 1. The lowest BCUT2D eigenvalue weighted by Crippen LogP contribution is -2.28. The highest BCUT2D eigenvalue weighted by Crippen LogP contribution is 2.29. The summed E-state index contributed by atoms with van der Waals surface area (Å²) in [4.78, 5) is 26.4. The van der Waals surface area contributed by atoms with Gasteiger partial charge in [0.1, 0.15) is 5.75 Å². The van der Waals surface area contributed by atoms with Crippen LogP contribution in [0.15, 0.2) is 41.3 Å². The number of benzene rings is 1. The number of thioether (sulfide) groups is 1. The summed E-state index contributed by atoms with van der Waals surface area (Å²) in [6.07, 6.45) is 1.96. The average Bonchev–Trinajstić information content (AvgIpc) is 3.26. The molecule has 1 fully saturated rings. The molecule has 1 N–H and O–H groups in total. The highest BCUT2D eigenvalue weighted by atomic mass is 32.2. The summed E-state index contributed by atoms with van der Waals surface area (Å²) >= 11 is 2.82. The molecule has 0 bridgehead atoms. The first kappa shape index (κ1) is 18.4. The van der Waals surface area contributed by atoms with E-state index in [-0.39, 0.29) is 18.2 Å². The number of nitrogens with zero attached hydrogens (tertiary/aromatic N) is 3. The first-order chi connectivity index (χ1) is 12.6. The Morgan fingerprint density at radius 1 is 1.46 bits per heavy atom. The van der Waals surface area contributed by atoms with Crippen molar-refractivity contribution in [2.45, 2.75) is 10.8 Å². The molecule has 0 spiro atoms. The number of carbonyl (C=O) groups is 2. The van der Waals surface area contributed by atoms with Crippen LogP contribution in [-0.4, -0.2) is 41.4 Å².